The molecule has 0 aliphatic carbocycles. The van der Waals surface area contributed by atoms with E-state index in [-0.39, 0.29) is 6.03 Å². The number of amides is 2. The van der Waals surface area contributed by atoms with Gasteiger partial charge in [-0.05, 0) is 23.3 Å². The fraction of sp³-hybridized carbons (Fsp3) is 0.133. The number of nitrogens with one attached hydrogen (secondary N) is 2. The first-order valence-electron chi connectivity index (χ1n) is 6.04. The topological polar surface area (TPSA) is 41.1 Å². The van der Waals surface area contributed by atoms with Gasteiger partial charge in [0.1, 0.15) is 0 Å². The lowest BCUT2D eigenvalue weighted by atomic mass is 10.2. The van der Waals surface area contributed by atoms with Crippen molar-refractivity contribution in [3.05, 3.63) is 70.2 Å². The minimum atomic E-state index is -0.163. The van der Waals surface area contributed by atoms with E-state index in [1.807, 2.05) is 54.6 Å². The highest BCUT2D eigenvalue weighted by atomic mass is 79.9. The van der Waals surface area contributed by atoms with Gasteiger partial charge >= 0.3 is 6.03 Å². The maximum Gasteiger partial charge on any atom is 0.315 e. The molecule has 0 fully saturated rings. The van der Waals surface area contributed by atoms with Gasteiger partial charge in [-0.25, -0.2) is 4.79 Å². The van der Waals surface area contributed by atoms with Gasteiger partial charge in [0, 0.05) is 17.6 Å². The van der Waals surface area contributed by atoms with E-state index in [9.17, 15) is 4.79 Å². The lowest BCUT2D eigenvalue weighted by molar-refractivity contribution is 0.240. The van der Waals surface area contributed by atoms with Crippen LogP contribution < -0.4 is 10.6 Å². The summed E-state index contributed by atoms with van der Waals surface area (Å²) in [6.45, 7) is 1.05. The third-order valence-corrected chi connectivity index (χ3v) is 3.13. The Morgan fingerprint density at radius 1 is 0.895 bits per heavy atom. The van der Waals surface area contributed by atoms with Crippen molar-refractivity contribution < 1.29 is 4.79 Å². The maximum absolute atomic E-state index is 11.6. The van der Waals surface area contributed by atoms with Crippen LogP contribution in [0.3, 0.4) is 0 Å². The van der Waals surface area contributed by atoms with Crippen LogP contribution in [0.5, 0.6) is 0 Å². The first-order valence-corrected chi connectivity index (χ1v) is 6.83. The summed E-state index contributed by atoms with van der Waals surface area (Å²) in [4.78, 5) is 11.6. The van der Waals surface area contributed by atoms with Crippen molar-refractivity contribution in [2.75, 3.05) is 0 Å². The number of hydrogen-bond acceptors (Lipinski definition) is 1. The second-order valence-electron chi connectivity index (χ2n) is 4.15. The predicted molar refractivity (Wildman–Crippen MR) is 79.7 cm³/mol. The van der Waals surface area contributed by atoms with Crippen LogP contribution in [0.25, 0.3) is 0 Å². The molecule has 0 aromatic heterocycles. The molecule has 0 spiro atoms. The maximum atomic E-state index is 11.6. The number of halogens is 1. The van der Waals surface area contributed by atoms with Crippen molar-refractivity contribution in [2.45, 2.75) is 13.1 Å². The van der Waals surface area contributed by atoms with E-state index >= 15 is 0 Å². The van der Waals surface area contributed by atoms with Crippen LogP contribution in [0.1, 0.15) is 11.1 Å². The van der Waals surface area contributed by atoms with Gasteiger partial charge in [0.05, 0.1) is 0 Å². The highest BCUT2D eigenvalue weighted by Gasteiger charge is 2.00. The van der Waals surface area contributed by atoms with Gasteiger partial charge in [0.2, 0.25) is 0 Å². The van der Waals surface area contributed by atoms with Gasteiger partial charge in [-0.15, -0.1) is 0 Å². The molecule has 2 N–H and O–H groups in total. The molecule has 0 saturated heterocycles. The van der Waals surface area contributed by atoms with E-state index in [4.69, 9.17) is 0 Å². The molecule has 0 atom stereocenters. The SMILES string of the molecule is O=C(NCc1ccccc1)NCc1cccc(Br)c1. The van der Waals surface area contributed by atoms with E-state index in [2.05, 4.69) is 26.6 Å². The molecular weight excluding hydrogens is 304 g/mol. The van der Waals surface area contributed by atoms with E-state index in [0.29, 0.717) is 13.1 Å². The van der Waals surface area contributed by atoms with Crippen LogP contribution in [0.4, 0.5) is 4.79 Å². The number of carbonyl (C=O) groups is 1. The summed E-state index contributed by atoms with van der Waals surface area (Å²) >= 11 is 3.40. The molecule has 0 unspecified atom stereocenters. The summed E-state index contributed by atoms with van der Waals surface area (Å²) in [7, 11) is 0. The Labute approximate surface area is 121 Å². The Hall–Kier alpha value is -1.81. The molecule has 0 saturated carbocycles. The van der Waals surface area contributed by atoms with Crippen LogP contribution in [0.2, 0.25) is 0 Å². The number of carbonyl (C=O) groups excluding carboxylic acids is 1. The minimum Gasteiger partial charge on any atom is -0.334 e. The van der Waals surface area contributed by atoms with Crippen molar-refractivity contribution in [1.82, 2.24) is 10.6 Å². The minimum absolute atomic E-state index is 0.163. The molecule has 4 heteroatoms. The van der Waals surface area contributed by atoms with E-state index in [1.165, 1.54) is 0 Å². The van der Waals surface area contributed by atoms with Gasteiger partial charge in [-0.2, -0.15) is 0 Å². The predicted octanol–water partition coefficient (Wildman–Crippen LogP) is 3.45. The Kier molecular flexibility index (Phi) is 4.98. The van der Waals surface area contributed by atoms with Crippen molar-refractivity contribution in [2.24, 2.45) is 0 Å². The second kappa shape index (κ2) is 6.95. The average Bonchev–Trinajstić information content (AvgIpc) is 2.44. The zero-order chi connectivity index (χ0) is 13.5. The molecular formula is C15H15BrN2O. The van der Waals surface area contributed by atoms with Gasteiger partial charge in [-0.1, -0.05) is 58.4 Å². The quantitative estimate of drug-likeness (QED) is 0.890. The highest BCUT2D eigenvalue weighted by Crippen LogP contribution is 2.11. The molecule has 2 rings (SSSR count). The molecule has 0 radical (unpaired) electrons. The van der Waals surface area contributed by atoms with Gasteiger partial charge in [0.25, 0.3) is 0 Å². The lowest BCUT2D eigenvalue weighted by Crippen LogP contribution is -2.34. The van der Waals surface area contributed by atoms with E-state index in [1.54, 1.807) is 0 Å². The van der Waals surface area contributed by atoms with Gasteiger partial charge < -0.3 is 10.6 Å². The zero-order valence-electron chi connectivity index (χ0n) is 10.4. The van der Waals surface area contributed by atoms with Crippen molar-refractivity contribution in [3.8, 4) is 0 Å². The molecule has 2 amide bonds. The Morgan fingerprint density at radius 3 is 2.21 bits per heavy atom. The molecule has 2 aromatic rings. The van der Waals surface area contributed by atoms with Crippen molar-refractivity contribution in [3.63, 3.8) is 0 Å². The normalized spacial score (nSPS) is 9.95. The number of rotatable bonds is 4. The third-order valence-electron chi connectivity index (χ3n) is 2.64. The summed E-state index contributed by atoms with van der Waals surface area (Å²) in [5.74, 6) is 0. The molecule has 98 valence electrons. The third kappa shape index (κ3) is 4.75. The Bertz CT molecular complexity index is 543. The average molecular weight is 319 g/mol. The molecule has 0 aliphatic heterocycles. The smallest absolute Gasteiger partial charge is 0.315 e. The lowest BCUT2D eigenvalue weighted by Gasteiger charge is -2.08. The number of benzene rings is 2. The summed E-state index contributed by atoms with van der Waals surface area (Å²) in [5, 5.41) is 5.65. The molecule has 0 aliphatic rings. The van der Waals surface area contributed by atoms with Crippen LogP contribution in [0.15, 0.2) is 59.1 Å². The summed E-state index contributed by atoms with van der Waals surface area (Å²) in [6, 6.07) is 17.5. The van der Waals surface area contributed by atoms with Crippen molar-refractivity contribution >= 4 is 22.0 Å². The van der Waals surface area contributed by atoms with Gasteiger partial charge in [0.15, 0.2) is 0 Å². The fourth-order valence-electron chi connectivity index (χ4n) is 1.67. The molecule has 3 nitrogen and oxygen atoms in total. The first-order chi connectivity index (χ1) is 9.24. The van der Waals surface area contributed by atoms with Crippen LogP contribution >= 0.6 is 15.9 Å². The zero-order valence-corrected chi connectivity index (χ0v) is 12.0. The molecule has 0 bridgehead atoms. The second-order valence-corrected chi connectivity index (χ2v) is 5.07. The summed E-state index contributed by atoms with van der Waals surface area (Å²) in [6.07, 6.45) is 0. The number of urea groups is 1. The van der Waals surface area contributed by atoms with Crippen LogP contribution in [-0.4, -0.2) is 6.03 Å². The Morgan fingerprint density at radius 2 is 1.53 bits per heavy atom. The van der Waals surface area contributed by atoms with Crippen molar-refractivity contribution in [1.29, 1.82) is 0 Å². The standard InChI is InChI=1S/C15H15BrN2O/c16-14-8-4-7-13(9-14)11-18-15(19)17-10-12-5-2-1-3-6-12/h1-9H,10-11H2,(H2,17,18,19). The summed E-state index contributed by atoms with van der Waals surface area (Å²) in [5.41, 5.74) is 2.14. The first kappa shape index (κ1) is 13.6. The Balaban J connectivity index is 1.76. The van der Waals surface area contributed by atoms with E-state index < -0.39 is 0 Å². The number of hydrogen-bond donors (Lipinski definition) is 2. The summed E-state index contributed by atoms with van der Waals surface area (Å²) < 4.78 is 1.01. The highest BCUT2D eigenvalue weighted by molar-refractivity contribution is 9.10. The van der Waals surface area contributed by atoms with Gasteiger partial charge in [-0.3, -0.25) is 0 Å². The van der Waals surface area contributed by atoms with Crippen LogP contribution in [-0.2, 0) is 13.1 Å². The largest absolute Gasteiger partial charge is 0.334 e. The molecule has 2 aromatic carbocycles. The molecule has 0 heterocycles. The van der Waals surface area contributed by atoms with Crippen LogP contribution in [0, 0.1) is 0 Å². The monoisotopic (exact) mass is 318 g/mol. The molecule has 19 heavy (non-hydrogen) atoms. The van der Waals surface area contributed by atoms with E-state index in [0.717, 1.165) is 15.6 Å². The fourth-order valence-corrected chi connectivity index (χ4v) is 2.12.